The molecule has 1 N–H and O–H groups in total. The van der Waals surface area contributed by atoms with Crippen molar-refractivity contribution >= 4 is 17.4 Å². The van der Waals surface area contributed by atoms with Crippen LogP contribution in [0.15, 0.2) is 18.2 Å². The van der Waals surface area contributed by atoms with Gasteiger partial charge in [-0.2, -0.15) is 18.3 Å². The molecule has 3 rings (SSSR count). The molecule has 1 aliphatic carbocycles. The largest absolute Gasteiger partial charge is 0.471 e. The summed E-state index contributed by atoms with van der Waals surface area (Å²) in [5.74, 6) is -2.38. The number of nitrogens with one attached hydrogen (secondary N) is 1. The smallest absolute Gasteiger partial charge is 0.318 e. The zero-order valence-corrected chi connectivity index (χ0v) is 14.1. The third-order valence-electron chi connectivity index (χ3n) is 4.02. The first-order valence-corrected chi connectivity index (χ1v) is 7.56. The number of hydrogen-bond acceptors (Lipinski definition) is 3. The van der Waals surface area contributed by atoms with Gasteiger partial charge in [0.15, 0.2) is 5.78 Å². The van der Waals surface area contributed by atoms with Gasteiger partial charge in [0.2, 0.25) is 0 Å². The number of alkyl halides is 3. The van der Waals surface area contributed by atoms with Crippen LogP contribution in [0.25, 0.3) is 11.3 Å². The second-order valence-electron chi connectivity index (χ2n) is 6.99. The summed E-state index contributed by atoms with van der Waals surface area (Å²) in [6.45, 7) is 5.86. The van der Waals surface area contributed by atoms with Crippen LogP contribution in [0.5, 0.6) is 0 Å². The third-order valence-corrected chi connectivity index (χ3v) is 4.02. The number of ketones is 1. The predicted molar refractivity (Wildman–Crippen MR) is 85.5 cm³/mol. The fourth-order valence-electron chi connectivity index (χ4n) is 3.14. The minimum absolute atomic E-state index is 0.0822. The molecule has 0 atom stereocenters. The lowest BCUT2D eigenvalue weighted by molar-refractivity contribution is -0.167. The molecule has 1 aliphatic rings. The van der Waals surface area contributed by atoms with Crippen LogP contribution in [0.1, 0.15) is 42.4 Å². The van der Waals surface area contributed by atoms with Crippen molar-refractivity contribution in [2.75, 3.05) is 5.32 Å². The molecule has 1 heterocycles. The van der Waals surface area contributed by atoms with Crippen molar-refractivity contribution in [2.45, 2.75) is 32.4 Å². The maximum absolute atomic E-state index is 12.8. The number of hydrogen-bond donors (Lipinski definition) is 1. The van der Waals surface area contributed by atoms with E-state index < -0.39 is 12.1 Å². The molecule has 0 radical (unpaired) electrons. The molecule has 0 bridgehead atoms. The lowest BCUT2D eigenvalue weighted by Gasteiger charge is -2.20. The van der Waals surface area contributed by atoms with Crippen LogP contribution in [0, 0.1) is 0 Å². The van der Waals surface area contributed by atoms with Gasteiger partial charge in [-0.05, 0) is 18.2 Å². The Kier molecular flexibility index (Phi) is 3.56. The molecule has 25 heavy (non-hydrogen) atoms. The highest BCUT2D eigenvalue weighted by Gasteiger charge is 2.40. The van der Waals surface area contributed by atoms with E-state index in [1.165, 1.54) is 18.2 Å². The van der Waals surface area contributed by atoms with Gasteiger partial charge in [0.25, 0.3) is 0 Å². The van der Waals surface area contributed by atoms with Crippen molar-refractivity contribution < 1.29 is 22.8 Å². The Labute approximate surface area is 141 Å². The number of amides is 1. The van der Waals surface area contributed by atoms with Crippen LogP contribution in [-0.2, 0) is 17.3 Å². The molecule has 5 nitrogen and oxygen atoms in total. The van der Waals surface area contributed by atoms with E-state index in [1.54, 1.807) is 17.0 Å². The summed E-state index contributed by atoms with van der Waals surface area (Å²) in [6, 6.07) is 4.09. The van der Waals surface area contributed by atoms with E-state index >= 15 is 0 Å². The first-order valence-electron chi connectivity index (χ1n) is 7.56. The lowest BCUT2D eigenvalue weighted by atomic mass is 9.88. The highest BCUT2D eigenvalue weighted by Crippen LogP contribution is 2.42. The van der Waals surface area contributed by atoms with Crippen LogP contribution in [0.2, 0.25) is 0 Å². The molecule has 0 saturated carbocycles. The molecule has 0 aliphatic heterocycles. The van der Waals surface area contributed by atoms with Gasteiger partial charge >= 0.3 is 12.1 Å². The Bertz CT molecular complexity index is 905. The summed E-state index contributed by atoms with van der Waals surface area (Å²) in [5, 5.41) is 6.17. The molecule has 1 aromatic heterocycles. The molecule has 1 aromatic carbocycles. The van der Waals surface area contributed by atoms with Gasteiger partial charge in [0.1, 0.15) is 5.69 Å². The predicted octanol–water partition coefficient (Wildman–Crippen LogP) is 3.43. The van der Waals surface area contributed by atoms with Gasteiger partial charge in [-0.25, -0.2) is 0 Å². The van der Waals surface area contributed by atoms with Crippen LogP contribution in [0.3, 0.4) is 0 Å². The van der Waals surface area contributed by atoms with E-state index in [0.29, 0.717) is 16.8 Å². The molecule has 8 heteroatoms. The lowest BCUT2D eigenvalue weighted by Crippen LogP contribution is -2.29. The molecular formula is C17H16F3N3O2. The average molecular weight is 351 g/mol. The highest BCUT2D eigenvalue weighted by molar-refractivity contribution is 6.22. The number of fused-ring (bicyclic) bond motifs is 3. The van der Waals surface area contributed by atoms with Crippen molar-refractivity contribution in [1.82, 2.24) is 9.78 Å². The summed E-state index contributed by atoms with van der Waals surface area (Å²) in [5.41, 5.74) is 2.11. The molecular weight excluding hydrogens is 335 g/mol. The molecule has 132 valence electrons. The van der Waals surface area contributed by atoms with Crippen molar-refractivity contribution in [3.8, 4) is 11.3 Å². The summed E-state index contributed by atoms with van der Waals surface area (Å²) in [6.07, 6.45) is -4.99. The maximum atomic E-state index is 12.8. The van der Waals surface area contributed by atoms with Crippen molar-refractivity contribution in [2.24, 2.45) is 7.05 Å². The van der Waals surface area contributed by atoms with Crippen molar-refractivity contribution in [3.05, 3.63) is 35.0 Å². The summed E-state index contributed by atoms with van der Waals surface area (Å²) in [4.78, 5) is 23.9. The molecule has 0 fully saturated rings. The minimum atomic E-state index is -4.99. The highest BCUT2D eigenvalue weighted by atomic mass is 19.4. The second kappa shape index (κ2) is 5.18. The fourth-order valence-corrected chi connectivity index (χ4v) is 3.14. The SMILES string of the molecule is Cn1nc2c(c1C(C)(C)C)C(=O)c1cc(NC(=O)C(F)(F)F)ccc1-2. The van der Waals surface area contributed by atoms with Gasteiger partial charge < -0.3 is 5.32 Å². The maximum Gasteiger partial charge on any atom is 0.471 e. The third kappa shape index (κ3) is 2.71. The van der Waals surface area contributed by atoms with E-state index in [1.807, 2.05) is 20.8 Å². The van der Waals surface area contributed by atoms with Gasteiger partial charge in [-0.15, -0.1) is 0 Å². The Balaban J connectivity index is 2.05. The fraction of sp³-hybridized carbons (Fsp3) is 0.353. The average Bonchev–Trinajstić information content (AvgIpc) is 2.93. The van der Waals surface area contributed by atoms with E-state index in [9.17, 15) is 22.8 Å². The standard InChI is InChI=1S/C17H16F3N3O2/c1-16(2,3)14-11-12(22-23(14)4)9-6-5-8(7-10(9)13(11)24)21-15(25)17(18,19)20/h5-7H,1-4H3,(H,21,25). The molecule has 1 amide bonds. The Morgan fingerprint density at radius 3 is 2.36 bits per heavy atom. The number of benzene rings is 1. The molecule has 0 saturated heterocycles. The summed E-state index contributed by atoms with van der Waals surface area (Å²) < 4.78 is 38.8. The quantitative estimate of drug-likeness (QED) is 0.731. The number of aryl methyl sites for hydroxylation is 1. The number of halogens is 3. The van der Waals surface area contributed by atoms with Crippen LogP contribution in [0.4, 0.5) is 18.9 Å². The van der Waals surface area contributed by atoms with E-state index in [-0.39, 0.29) is 22.4 Å². The van der Waals surface area contributed by atoms with Gasteiger partial charge in [0, 0.05) is 29.3 Å². The second-order valence-corrected chi connectivity index (χ2v) is 6.99. The zero-order valence-electron chi connectivity index (χ0n) is 14.1. The Morgan fingerprint density at radius 2 is 1.80 bits per heavy atom. The Morgan fingerprint density at radius 1 is 1.16 bits per heavy atom. The Hall–Kier alpha value is -2.64. The van der Waals surface area contributed by atoms with Gasteiger partial charge in [-0.1, -0.05) is 20.8 Å². The zero-order chi connectivity index (χ0) is 18.7. The van der Waals surface area contributed by atoms with Gasteiger partial charge in [0.05, 0.1) is 11.3 Å². The summed E-state index contributed by atoms with van der Waals surface area (Å²) >= 11 is 0. The number of nitrogens with zero attached hydrogens (tertiary/aromatic N) is 2. The van der Waals surface area contributed by atoms with Crippen LogP contribution >= 0.6 is 0 Å². The molecule has 0 unspecified atom stereocenters. The number of aromatic nitrogens is 2. The first-order chi connectivity index (χ1) is 11.4. The van der Waals surface area contributed by atoms with Gasteiger partial charge in [-0.3, -0.25) is 14.3 Å². The van der Waals surface area contributed by atoms with E-state index in [4.69, 9.17) is 0 Å². The van der Waals surface area contributed by atoms with Crippen LogP contribution < -0.4 is 5.32 Å². The van der Waals surface area contributed by atoms with E-state index in [0.717, 1.165) is 5.69 Å². The van der Waals surface area contributed by atoms with Crippen LogP contribution in [-0.4, -0.2) is 27.6 Å². The van der Waals surface area contributed by atoms with E-state index in [2.05, 4.69) is 5.10 Å². The molecule has 2 aromatic rings. The number of anilines is 1. The number of carbonyl (C=O) groups excluding carboxylic acids is 2. The number of rotatable bonds is 1. The molecule has 0 spiro atoms. The minimum Gasteiger partial charge on any atom is -0.318 e. The summed E-state index contributed by atoms with van der Waals surface area (Å²) in [7, 11) is 1.75. The topological polar surface area (TPSA) is 64.0 Å². The monoisotopic (exact) mass is 351 g/mol. The normalized spacial score (nSPS) is 13.6. The number of carbonyl (C=O) groups is 2. The first kappa shape index (κ1) is 17.2. The van der Waals surface area contributed by atoms with Crippen molar-refractivity contribution in [1.29, 1.82) is 0 Å². The van der Waals surface area contributed by atoms with Crippen molar-refractivity contribution in [3.63, 3.8) is 0 Å².